The van der Waals surface area contributed by atoms with E-state index in [0.717, 1.165) is 12.8 Å². The van der Waals surface area contributed by atoms with E-state index in [0.29, 0.717) is 6.42 Å². The first-order valence-electron chi connectivity index (χ1n) is 7.15. The molecular weight excluding hydrogens is 254 g/mol. The summed E-state index contributed by atoms with van der Waals surface area (Å²) in [6.45, 7) is 1.95. The van der Waals surface area contributed by atoms with Crippen LogP contribution in [-0.4, -0.2) is 46.6 Å². The molecule has 5 heteroatoms. The maximum absolute atomic E-state index is 11.2. The molecule has 0 aromatic heterocycles. The number of carboxylic acids is 1. The minimum atomic E-state index is -0.990. The predicted octanol–water partition coefficient (Wildman–Crippen LogP) is 2.73. The highest BCUT2D eigenvalue weighted by molar-refractivity contribution is 5.80. The summed E-state index contributed by atoms with van der Waals surface area (Å²) in [5, 5.41) is 10.7. The van der Waals surface area contributed by atoms with Crippen molar-refractivity contribution in [3.63, 3.8) is 0 Å². The first-order chi connectivity index (χ1) is 8.66. The van der Waals surface area contributed by atoms with Crippen LogP contribution in [0.2, 0.25) is 0 Å². The van der Waals surface area contributed by atoms with Gasteiger partial charge in [-0.1, -0.05) is 58.3 Å². The van der Waals surface area contributed by atoms with E-state index in [9.17, 15) is 9.59 Å². The minimum absolute atomic E-state index is 0. The van der Waals surface area contributed by atoms with Gasteiger partial charge in [0.15, 0.2) is 0 Å². The highest BCUT2D eigenvalue weighted by atomic mass is 24.3. The Hall–Kier alpha value is -0.294. The van der Waals surface area contributed by atoms with Gasteiger partial charge in [-0.2, -0.15) is 0 Å². The molecule has 4 nitrogen and oxygen atoms in total. The third kappa shape index (κ3) is 17.7. The monoisotopic (exact) mass is 281 g/mol. The van der Waals surface area contributed by atoms with E-state index < -0.39 is 5.97 Å². The third-order valence-electron chi connectivity index (χ3n) is 2.94. The Morgan fingerprint density at radius 1 is 0.895 bits per heavy atom. The molecule has 2 radical (unpaired) electrons. The zero-order valence-corrected chi connectivity index (χ0v) is 13.7. The topological polar surface area (TPSA) is 66.4 Å². The molecule has 0 aliphatic heterocycles. The van der Waals surface area contributed by atoms with Crippen LogP contribution in [0, 0.1) is 0 Å². The van der Waals surface area contributed by atoms with E-state index in [1.807, 2.05) is 0 Å². The summed E-state index contributed by atoms with van der Waals surface area (Å²) in [5.74, 6) is -1.14. The summed E-state index contributed by atoms with van der Waals surface area (Å²) in [5.41, 5.74) is 0. The lowest BCUT2D eigenvalue weighted by atomic mass is 10.1. The lowest BCUT2D eigenvalue weighted by molar-refractivity contribution is -0.137. The zero-order chi connectivity index (χ0) is 13.6. The third-order valence-corrected chi connectivity index (χ3v) is 2.94. The number of rotatable bonds is 12. The molecule has 0 aliphatic rings. The zero-order valence-electron chi connectivity index (χ0n) is 12.2. The van der Waals surface area contributed by atoms with Gasteiger partial charge in [0.2, 0.25) is 5.91 Å². The number of carbonyl (C=O) groups is 2. The van der Waals surface area contributed by atoms with Gasteiger partial charge in [0.05, 0.1) is 0 Å². The van der Waals surface area contributed by atoms with Crippen LogP contribution in [0.15, 0.2) is 0 Å². The van der Waals surface area contributed by atoms with Crippen LogP contribution in [0.3, 0.4) is 0 Å². The quantitative estimate of drug-likeness (QED) is 0.427. The minimum Gasteiger partial charge on any atom is -0.480 e. The summed E-state index contributed by atoms with van der Waals surface area (Å²) in [7, 11) is 0. The van der Waals surface area contributed by atoms with Crippen LogP contribution < -0.4 is 5.32 Å². The molecule has 0 aromatic carbocycles. The second-order valence-corrected chi connectivity index (χ2v) is 4.75. The number of hydrogen-bond acceptors (Lipinski definition) is 2. The predicted molar refractivity (Wildman–Crippen MR) is 78.2 cm³/mol. The lowest BCUT2D eigenvalue weighted by Gasteiger charge is -2.03. The van der Waals surface area contributed by atoms with E-state index in [1.54, 1.807) is 0 Å². The molecule has 19 heavy (non-hydrogen) atoms. The number of aliphatic carboxylic acids is 1. The fourth-order valence-corrected chi connectivity index (χ4v) is 1.86. The summed E-state index contributed by atoms with van der Waals surface area (Å²) < 4.78 is 0. The van der Waals surface area contributed by atoms with Crippen molar-refractivity contribution in [2.24, 2.45) is 0 Å². The Morgan fingerprint density at radius 2 is 1.37 bits per heavy atom. The Bertz CT molecular complexity index is 235. The Kier molecular flexibility index (Phi) is 17.4. The fourth-order valence-electron chi connectivity index (χ4n) is 1.86. The van der Waals surface area contributed by atoms with Crippen molar-refractivity contribution in [2.75, 3.05) is 6.54 Å². The van der Waals surface area contributed by atoms with Gasteiger partial charge in [0.1, 0.15) is 6.54 Å². The highest BCUT2D eigenvalue weighted by Crippen LogP contribution is 2.10. The van der Waals surface area contributed by atoms with Crippen molar-refractivity contribution in [3.05, 3.63) is 0 Å². The average molecular weight is 282 g/mol. The van der Waals surface area contributed by atoms with Crippen molar-refractivity contribution in [1.29, 1.82) is 0 Å². The highest BCUT2D eigenvalue weighted by Gasteiger charge is 2.02. The van der Waals surface area contributed by atoms with Crippen LogP contribution in [0.4, 0.5) is 0 Å². The molecule has 0 atom stereocenters. The second kappa shape index (κ2) is 15.8. The summed E-state index contributed by atoms with van der Waals surface area (Å²) in [4.78, 5) is 21.4. The van der Waals surface area contributed by atoms with E-state index in [4.69, 9.17) is 5.11 Å². The number of carboxylic acid groups (broad SMARTS) is 1. The van der Waals surface area contributed by atoms with Gasteiger partial charge in [0.25, 0.3) is 0 Å². The first-order valence-corrected chi connectivity index (χ1v) is 7.15. The maximum Gasteiger partial charge on any atom is 0.322 e. The van der Waals surface area contributed by atoms with Crippen molar-refractivity contribution >= 4 is 34.9 Å². The van der Waals surface area contributed by atoms with Gasteiger partial charge < -0.3 is 10.4 Å². The van der Waals surface area contributed by atoms with Gasteiger partial charge in [0, 0.05) is 29.5 Å². The Labute approximate surface area is 132 Å². The smallest absolute Gasteiger partial charge is 0.322 e. The van der Waals surface area contributed by atoms with Crippen molar-refractivity contribution in [3.8, 4) is 0 Å². The lowest BCUT2D eigenvalue weighted by Crippen LogP contribution is -2.28. The summed E-state index contributed by atoms with van der Waals surface area (Å²) >= 11 is 0. The Balaban J connectivity index is 0. The van der Waals surface area contributed by atoms with Crippen LogP contribution in [0.25, 0.3) is 0 Å². The number of carbonyl (C=O) groups excluding carboxylic acids is 1. The number of amides is 1. The largest absolute Gasteiger partial charge is 0.480 e. The molecule has 0 rings (SSSR count). The molecule has 0 fully saturated rings. The molecule has 0 aliphatic carbocycles. The van der Waals surface area contributed by atoms with Gasteiger partial charge in [-0.15, -0.1) is 0 Å². The average Bonchev–Trinajstić information content (AvgIpc) is 2.34. The first kappa shape index (κ1) is 21.0. The van der Waals surface area contributed by atoms with Crippen LogP contribution in [-0.2, 0) is 9.59 Å². The number of nitrogens with one attached hydrogen (secondary N) is 1. The van der Waals surface area contributed by atoms with Gasteiger partial charge in [-0.3, -0.25) is 9.59 Å². The molecule has 108 valence electrons. The van der Waals surface area contributed by atoms with E-state index in [-0.39, 0.29) is 35.5 Å². The number of unbranched alkanes of at least 4 members (excludes halogenated alkanes) is 8. The molecule has 0 bridgehead atoms. The Morgan fingerprint density at radius 3 is 1.84 bits per heavy atom. The van der Waals surface area contributed by atoms with Crippen LogP contribution in [0.5, 0.6) is 0 Å². The van der Waals surface area contributed by atoms with Crippen LogP contribution >= 0.6 is 0 Å². The molecule has 0 spiro atoms. The molecule has 0 unspecified atom stereocenters. The molecular formula is C14H27MgNO3. The van der Waals surface area contributed by atoms with Gasteiger partial charge >= 0.3 is 5.97 Å². The van der Waals surface area contributed by atoms with E-state index >= 15 is 0 Å². The molecule has 0 heterocycles. The molecule has 0 saturated heterocycles. The van der Waals surface area contributed by atoms with Gasteiger partial charge in [-0.05, 0) is 6.42 Å². The molecule has 2 N–H and O–H groups in total. The fraction of sp³-hybridized carbons (Fsp3) is 0.857. The van der Waals surface area contributed by atoms with Crippen LogP contribution in [0.1, 0.15) is 71.1 Å². The maximum atomic E-state index is 11.2. The normalized spacial score (nSPS) is 9.74. The standard InChI is InChI=1S/C14H27NO3.Mg/c1-2-3-4-5-6-7-8-9-10-11-13(16)15-12-14(17)18;/h2-12H2,1H3,(H,15,16)(H,17,18);. The molecule has 1 amide bonds. The van der Waals surface area contributed by atoms with Crippen molar-refractivity contribution < 1.29 is 14.7 Å². The SMILES string of the molecule is CCCCCCCCCCCC(=O)NCC(=O)O.[Mg]. The summed E-state index contributed by atoms with van der Waals surface area (Å²) in [6.07, 6.45) is 11.4. The van der Waals surface area contributed by atoms with E-state index in [2.05, 4.69) is 12.2 Å². The number of hydrogen-bond donors (Lipinski definition) is 2. The van der Waals surface area contributed by atoms with Crippen molar-refractivity contribution in [1.82, 2.24) is 5.32 Å². The molecule has 0 aromatic rings. The van der Waals surface area contributed by atoms with Gasteiger partial charge in [-0.25, -0.2) is 0 Å². The summed E-state index contributed by atoms with van der Waals surface area (Å²) in [6, 6.07) is 0. The molecule has 0 saturated carbocycles. The van der Waals surface area contributed by atoms with E-state index in [1.165, 1.54) is 44.9 Å². The second-order valence-electron chi connectivity index (χ2n) is 4.75. The van der Waals surface area contributed by atoms with Crippen molar-refractivity contribution in [2.45, 2.75) is 71.1 Å².